The van der Waals surface area contributed by atoms with Gasteiger partial charge in [0.2, 0.25) is 5.58 Å². The van der Waals surface area contributed by atoms with Crippen LogP contribution in [-0.4, -0.2) is 20.3 Å². The normalized spacial score (nSPS) is 11.6. The summed E-state index contributed by atoms with van der Waals surface area (Å²) >= 11 is 0. The van der Waals surface area contributed by atoms with E-state index in [1.807, 2.05) is 36.4 Å². The molecular formula is C22H17N3O3. The number of hydrogen-bond donors (Lipinski definition) is 1. The molecule has 28 heavy (non-hydrogen) atoms. The molecule has 138 valence electrons. The van der Waals surface area contributed by atoms with E-state index in [1.165, 1.54) is 10.9 Å². The van der Waals surface area contributed by atoms with Crippen molar-refractivity contribution < 1.29 is 9.21 Å². The van der Waals surface area contributed by atoms with Gasteiger partial charge in [0.1, 0.15) is 11.1 Å². The van der Waals surface area contributed by atoms with Gasteiger partial charge in [-0.15, -0.1) is 0 Å². The molecule has 0 aliphatic rings. The molecule has 5 aromatic rings. The lowest BCUT2D eigenvalue weighted by Crippen LogP contribution is -2.24. The average molecular weight is 371 g/mol. The Morgan fingerprint density at radius 1 is 1.14 bits per heavy atom. The van der Waals surface area contributed by atoms with Crippen LogP contribution in [-0.2, 0) is 13.0 Å². The van der Waals surface area contributed by atoms with Gasteiger partial charge in [0.25, 0.3) is 5.56 Å². The Balaban J connectivity index is 1.57. The number of H-pyrrole nitrogens is 1. The Morgan fingerprint density at radius 3 is 2.82 bits per heavy atom. The van der Waals surface area contributed by atoms with E-state index < -0.39 is 0 Å². The number of nitrogens with one attached hydrogen (secondary N) is 1. The van der Waals surface area contributed by atoms with Crippen LogP contribution in [0.4, 0.5) is 0 Å². The minimum atomic E-state index is -0.358. The van der Waals surface area contributed by atoms with Gasteiger partial charge in [0.05, 0.1) is 12.9 Å². The van der Waals surface area contributed by atoms with Gasteiger partial charge in [-0.25, -0.2) is 4.98 Å². The summed E-state index contributed by atoms with van der Waals surface area (Å²) in [6, 6.07) is 13.3. The molecule has 0 saturated heterocycles. The molecule has 0 unspecified atom stereocenters. The van der Waals surface area contributed by atoms with Crippen molar-refractivity contribution >= 4 is 38.8 Å². The lowest BCUT2D eigenvalue weighted by molar-refractivity contribution is 0.0972. The Bertz CT molecular complexity index is 1420. The van der Waals surface area contributed by atoms with Gasteiger partial charge in [-0.1, -0.05) is 37.3 Å². The molecule has 1 N–H and O–H groups in total. The number of aromatic nitrogens is 3. The number of carbonyl (C=O) groups is 1. The van der Waals surface area contributed by atoms with Gasteiger partial charge in [0.15, 0.2) is 5.78 Å². The summed E-state index contributed by atoms with van der Waals surface area (Å²) in [5, 5.41) is 1.66. The summed E-state index contributed by atoms with van der Waals surface area (Å²) in [7, 11) is 0. The average Bonchev–Trinajstić information content (AvgIpc) is 3.32. The van der Waals surface area contributed by atoms with Crippen LogP contribution in [0.15, 0.2) is 64.2 Å². The monoisotopic (exact) mass is 371 g/mol. The number of aryl methyl sites for hydroxylation is 1. The molecule has 0 amide bonds. The van der Waals surface area contributed by atoms with Crippen LogP contribution < -0.4 is 5.56 Å². The van der Waals surface area contributed by atoms with Crippen molar-refractivity contribution in [3.8, 4) is 0 Å². The molecule has 0 spiro atoms. The number of aromatic amines is 1. The predicted octanol–water partition coefficient (Wildman–Crippen LogP) is 4.07. The highest BCUT2D eigenvalue weighted by Crippen LogP contribution is 2.25. The van der Waals surface area contributed by atoms with Crippen molar-refractivity contribution in [2.75, 3.05) is 0 Å². The maximum absolute atomic E-state index is 12.9. The summed E-state index contributed by atoms with van der Waals surface area (Å²) in [6.07, 6.45) is 4.00. The van der Waals surface area contributed by atoms with Crippen molar-refractivity contribution in [2.45, 2.75) is 19.9 Å². The summed E-state index contributed by atoms with van der Waals surface area (Å²) < 4.78 is 6.98. The van der Waals surface area contributed by atoms with Crippen molar-refractivity contribution in [3.05, 3.63) is 76.5 Å². The number of rotatable bonds is 4. The Hall–Kier alpha value is -3.67. The Kier molecular flexibility index (Phi) is 3.65. The first-order chi connectivity index (χ1) is 13.7. The molecule has 6 nitrogen and oxygen atoms in total. The SMILES string of the molecule is CCc1cccc2c(C(=O)Cn3cnc4c(oc5ccccc54)c3=O)c[nH]c12. The molecule has 0 fully saturated rings. The fourth-order valence-corrected chi connectivity index (χ4v) is 3.71. The first-order valence-corrected chi connectivity index (χ1v) is 9.16. The molecule has 0 atom stereocenters. The van der Waals surface area contributed by atoms with E-state index in [2.05, 4.69) is 16.9 Å². The van der Waals surface area contributed by atoms with Crippen molar-refractivity contribution in [1.29, 1.82) is 0 Å². The van der Waals surface area contributed by atoms with E-state index in [9.17, 15) is 9.59 Å². The maximum Gasteiger partial charge on any atom is 0.297 e. The van der Waals surface area contributed by atoms with Crippen LogP contribution in [0.5, 0.6) is 0 Å². The molecule has 0 saturated carbocycles. The number of hydrogen-bond acceptors (Lipinski definition) is 4. The molecular weight excluding hydrogens is 354 g/mol. The highest BCUT2D eigenvalue weighted by molar-refractivity contribution is 6.08. The Labute approximate surface area is 159 Å². The van der Waals surface area contributed by atoms with E-state index >= 15 is 0 Å². The zero-order valence-corrected chi connectivity index (χ0v) is 15.2. The molecule has 5 rings (SSSR count). The molecule has 2 aromatic carbocycles. The Morgan fingerprint density at radius 2 is 1.96 bits per heavy atom. The fourth-order valence-electron chi connectivity index (χ4n) is 3.71. The number of nitrogens with zero attached hydrogens (tertiary/aromatic N) is 2. The van der Waals surface area contributed by atoms with Crippen LogP contribution in [0.2, 0.25) is 0 Å². The molecule has 0 aliphatic heterocycles. The van der Waals surface area contributed by atoms with Crippen LogP contribution >= 0.6 is 0 Å². The quantitative estimate of drug-likeness (QED) is 0.483. The lowest BCUT2D eigenvalue weighted by atomic mass is 10.0. The number of fused-ring (bicyclic) bond motifs is 4. The number of benzene rings is 2. The zero-order chi connectivity index (χ0) is 19.3. The van der Waals surface area contributed by atoms with Crippen molar-refractivity contribution in [3.63, 3.8) is 0 Å². The predicted molar refractivity (Wildman–Crippen MR) is 108 cm³/mol. The topological polar surface area (TPSA) is 80.9 Å². The van der Waals surface area contributed by atoms with Gasteiger partial charge < -0.3 is 9.40 Å². The fraction of sp³-hybridized carbons (Fsp3) is 0.136. The standard InChI is InChI=1S/C22H17N3O3/c1-2-13-6-5-8-14-16(10-23-19(13)14)17(26)11-25-12-24-20-15-7-3-4-9-18(15)28-21(20)22(25)27/h3-10,12,23H,2,11H2,1H3. The van der Waals surface area contributed by atoms with Gasteiger partial charge in [-0.05, 0) is 24.1 Å². The molecule has 6 heteroatoms. The third-order valence-corrected chi connectivity index (χ3v) is 5.15. The van der Waals surface area contributed by atoms with Crippen molar-refractivity contribution in [1.82, 2.24) is 14.5 Å². The number of Topliss-reactive ketones (excluding diaryl/α,β-unsaturated/α-hetero) is 1. The zero-order valence-electron chi connectivity index (χ0n) is 15.2. The minimum absolute atomic E-state index is 0.0951. The first-order valence-electron chi connectivity index (χ1n) is 9.16. The van der Waals surface area contributed by atoms with Crippen LogP contribution in [0.3, 0.4) is 0 Å². The van der Waals surface area contributed by atoms with Gasteiger partial charge >= 0.3 is 0 Å². The molecule has 3 aromatic heterocycles. The minimum Gasteiger partial charge on any atom is -0.448 e. The second kappa shape index (κ2) is 6.20. The van der Waals surface area contributed by atoms with Gasteiger partial charge in [-0.3, -0.25) is 14.2 Å². The second-order valence-corrected chi connectivity index (χ2v) is 6.77. The number of furan rings is 1. The largest absolute Gasteiger partial charge is 0.448 e. The number of para-hydroxylation sites is 2. The van der Waals surface area contributed by atoms with Gasteiger partial charge in [-0.2, -0.15) is 0 Å². The molecule has 0 radical (unpaired) electrons. The van der Waals surface area contributed by atoms with Crippen molar-refractivity contribution in [2.24, 2.45) is 0 Å². The van der Waals surface area contributed by atoms with E-state index in [-0.39, 0.29) is 23.5 Å². The highest BCUT2D eigenvalue weighted by atomic mass is 16.3. The summed E-state index contributed by atoms with van der Waals surface area (Å²) in [5.41, 5.74) is 3.62. The van der Waals surface area contributed by atoms with Crippen LogP contribution in [0.1, 0.15) is 22.8 Å². The molecule has 3 heterocycles. The van der Waals surface area contributed by atoms with Crippen LogP contribution in [0.25, 0.3) is 33.0 Å². The van der Waals surface area contributed by atoms with E-state index in [0.717, 1.165) is 28.3 Å². The number of ketones is 1. The summed E-state index contributed by atoms with van der Waals surface area (Å²) in [6.45, 7) is 1.98. The van der Waals surface area contributed by atoms with E-state index in [4.69, 9.17) is 4.42 Å². The van der Waals surface area contributed by atoms with Gasteiger partial charge in [0, 0.05) is 28.0 Å². The maximum atomic E-state index is 12.9. The molecule has 0 aliphatic carbocycles. The third kappa shape index (κ3) is 2.38. The highest BCUT2D eigenvalue weighted by Gasteiger charge is 2.17. The summed E-state index contributed by atoms with van der Waals surface area (Å²) in [4.78, 5) is 33.3. The van der Waals surface area contributed by atoms with E-state index in [1.54, 1.807) is 12.3 Å². The number of carbonyl (C=O) groups excluding carboxylic acids is 1. The van der Waals surface area contributed by atoms with Crippen LogP contribution in [0, 0.1) is 0 Å². The first kappa shape index (κ1) is 16.5. The van der Waals surface area contributed by atoms with E-state index in [0.29, 0.717) is 16.7 Å². The second-order valence-electron chi connectivity index (χ2n) is 6.77. The lowest BCUT2D eigenvalue weighted by Gasteiger charge is -2.04. The smallest absolute Gasteiger partial charge is 0.297 e. The molecule has 0 bridgehead atoms. The summed E-state index contributed by atoms with van der Waals surface area (Å²) in [5.74, 6) is -0.154. The third-order valence-electron chi connectivity index (χ3n) is 5.15.